The third kappa shape index (κ3) is 5.69. The lowest BCUT2D eigenvalue weighted by atomic mass is 10.0. The second kappa shape index (κ2) is 7.48. The Balaban J connectivity index is 2.73. The average molecular weight is 275 g/mol. The van der Waals surface area contributed by atoms with Crippen LogP contribution in [0.2, 0.25) is 0 Å². The molecular formula is C16H21NO3. The smallest absolute Gasteiger partial charge is 0.328 e. The van der Waals surface area contributed by atoms with E-state index in [9.17, 15) is 9.59 Å². The van der Waals surface area contributed by atoms with Crippen LogP contribution < -0.4 is 5.32 Å². The van der Waals surface area contributed by atoms with Crippen LogP contribution >= 0.6 is 0 Å². The molecule has 4 heteroatoms. The van der Waals surface area contributed by atoms with Crippen molar-refractivity contribution in [3.8, 4) is 0 Å². The lowest BCUT2D eigenvalue weighted by molar-refractivity contribution is -0.131. The minimum Gasteiger partial charge on any atom is -0.478 e. The van der Waals surface area contributed by atoms with Gasteiger partial charge in [0.15, 0.2) is 0 Å². The lowest BCUT2D eigenvalue weighted by Gasteiger charge is -2.16. The summed E-state index contributed by atoms with van der Waals surface area (Å²) in [4.78, 5) is 22.5. The van der Waals surface area contributed by atoms with Gasteiger partial charge in [0.1, 0.15) is 0 Å². The highest BCUT2D eigenvalue weighted by molar-refractivity contribution is 5.95. The summed E-state index contributed by atoms with van der Waals surface area (Å²) in [5.41, 5.74) is 1.23. The zero-order valence-corrected chi connectivity index (χ0v) is 12.1. The fraction of sp³-hybridized carbons (Fsp3) is 0.375. The maximum atomic E-state index is 12.1. The van der Waals surface area contributed by atoms with E-state index in [0.717, 1.165) is 12.5 Å². The van der Waals surface area contributed by atoms with Crippen LogP contribution in [-0.2, 0) is 4.79 Å². The van der Waals surface area contributed by atoms with Crippen molar-refractivity contribution in [3.05, 3.63) is 41.5 Å². The Morgan fingerprint density at radius 2 is 2.00 bits per heavy atom. The summed E-state index contributed by atoms with van der Waals surface area (Å²) in [6.07, 6.45) is 3.44. The van der Waals surface area contributed by atoms with Crippen LogP contribution in [0.25, 0.3) is 6.08 Å². The molecule has 1 atom stereocenters. The second-order valence-corrected chi connectivity index (χ2v) is 5.30. The zero-order valence-electron chi connectivity index (χ0n) is 12.1. The minimum absolute atomic E-state index is 0.112. The first-order valence-electron chi connectivity index (χ1n) is 6.70. The van der Waals surface area contributed by atoms with Crippen molar-refractivity contribution in [1.29, 1.82) is 0 Å². The quantitative estimate of drug-likeness (QED) is 0.784. The van der Waals surface area contributed by atoms with Crippen molar-refractivity contribution in [2.45, 2.75) is 33.2 Å². The lowest BCUT2D eigenvalue weighted by Crippen LogP contribution is -2.33. The standard InChI is InChI=1S/C16H21NO3/c1-11(2)9-12(3)17-16(20)14-6-4-5-13(10-14)7-8-15(18)19/h4-8,10-12H,9H2,1-3H3,(H,17,20)(H,18,19). The van der Waals surface area contributed by atoms with E-state index >= 15 is 0 Å². The maximum Gasteiger partial charge on any atom is 0.328 e. The minimum atomic E-state index is -1.01. The number of nitrogens with one attached hydrogen (secondary N) is 1. The summed E-state index contributed by atoms with van der Waals surface area (Å²) in [6.45, 7) is 6.20. The highest BCUT2D eigenvalue weighted by Gasteiger charge is 2.11. The molecule has 1 rings (SSSR count). The first-order valence-corrected chi connectivity index (χ1v) is 6.70. The molecule has 1 amide bonds. The van der Waals surface area contributed by atoms with Crippen LogP contribution in [0.1, 0.15) is 43.1 Å². The second-order valence-electron chi connectivity index (χ2n) is 5.30. The van der Waals surface area contributed by atoms with Gasteiger partial charge in [-0.15, -0.1) is 0 Å². The van der Waals surface area contributed by atoms with Gasteiger partial charge in [-0.2, -0.15) is 0 Å². The molecule has 0 aliphatic carbocycles. The zero-order chi connectivity index (χ0) is 15.1. The molecule has 0 saturated carbocycles. The predicted octanol–water partition coefficient (Wildman–Crippen LogP) is 2.95. The van der Waals surface area contributed by atoms with Crippen molar-refractivity contribution in [2.24, 2.45) is 5.92 Å². The Bertz CT molecular complexity index is 506. The Hall–Kier alpha value is -2.10. The number of hydrogen-bond donors (Lipinski definition) is 2. The Morgan fingerprint density at radius 1 is 1.30 bits per heavy atom. The van der Waals surface area contributed by atoms with Crippen molar-refractivity contribution in [1.82, 2.24) is 5.32 Å². The van der Waals surface area contributed by atoms with E-state index in [1.165, 1.54) is 6.08 Å². The molecule has 0 aromatic heterocycles. The summed E-state index contributed by atoms with van der Waals surface area (Å²) >= 11 is 0. The van der Waals surface area contributed by atoms with Gasteiger partial charge < -0.3 is 10.4 Å². The first kappa shape index (κ1) is 16.0. The van der Waals surface area contributed by atoms with Crippen molar-refractivity contribution < 1.29 is 14.7 Å². The molecule has 0 bridgehead atoms. The molecule has 0 spiro atoms. The number of hydrogen-bond acceptors (Lipinski definition) is 2. The monoisotopic (exact) mass is 275 g/mol. The number of carboxylic acids is 1. The average Bonchev–Trinajstić information content (AvgIpc) is 2.35. The number of carboxylic acid groups (broad SMARTS) is 1. The number of carbonyl (C=O) groups excluding carboxylic acids is 1. The van der Waals surface area contributed by atoms with Crippen LogP contribution in [0.4, 0.5) is 0 Å². The van der Waals surface area contributed by atoms with Gasteiger partial charge in [-0.3, -0.25) is 4.79 Å². The van der Waals surface area contributed by atoms with E-state index in [1.54, 1.807) is 24.3 Å². The first-order chi connectivity index (χ1) is 9.38. The molecule has 1 unspecified atom stereocenters. The van der Waals surface area contributed by atoms with E-state index in [0.29, 0.717) is 17.0 Å². The number of benzene rings is 1. The molecule has 0 heterocycles. The Morgan fingerprint density at radius 3 is 2.60 bits per heavy atom. The van der Waals surface area contributed by atoms with E-state index in [-0.39, 0.29) is 11.9 Å². The molecule has 1 aromatic carbocycles. The van der Waals surface area contributed by atoms with E-state index in [2.05, 4.69) is 19.2 Å². The third-order valence-corrected chi connectivity index (χ3v) is 2.77. The summed E-state index contributed by atoms with van der Waals surface area (Å²) in [7, 11) is 0. The maximum absolute atomic E-state index is 12.1. The van der Waals surface area contributed by atoms with Crippen LogP contribution in [-0.4, -0.2) is 23.0 Å². The van der Waals surface area contributed by atoms with E-state index < -0.39 is 5.97 Å². The van der Waals surface area contributed by atoms with Gasteiger partial charge in [0, 0.05) is 17.7 Å². The fourth-order valence-corrected chi connectivity index (χ4v) is 2.02. The summed E-state index contributed by atoms with van der Waals surface area (Å²) in [6, 6.07) is 7.00. The van der Waals surface area contributed by atoms with Gasteiger partial charge in [0.2, 0.25) is 0 Å². The number of aliphatic carboxylic acids is 1. The highest BCUT2D eigenvalue weighted by atomic mass is 16.4. The Kier molecular flexibility index (Phi) is 5.97. The SMILES string of the molecule is CC(C)CC(C)NC(=O)c1cccc(C=CC(=O)O)c1. The van der Waals surface area contributed by atoms with E-state index in [1.807, 2.05) is 6.92 Å². The largest absolute Gasteiger partial charge is 0.478 e. The third-order valence-electron chi connectivity index (χ3n) is 2.77. The van der Waals surface area contributed by atoms with Crippen molar-refractivity contribution >= 4 is 18.0 Å². The van der Waals surface area contributed by atoms with Gasteiger partial charge in [-0.05, 0) is 43.0 Å². The van der Waals surface area contributed by atoms with Gasteiger partial charge in [-0.25, -0.2) is 4.79 Å². The number of amides is 1. The summed E-state index contributed by atoms with van der Waals surface area (Å²) in [5, 5.41) is 11.5. The molecule has 20 heavy (non-hydrogen) atoms. The molecule has 2 N–H and O–H groups in total. The summed E-state index contributed by atoms with van der Waals surface area (Å²) in [5.74, 6) is -0.621. The molecule has 0 radical (unpaired) electrons. The Labute approximate surface area is 119 Å². The predicted molar refractivity (Wildman–Crippen MR) is 79.5 cm³/mol. The van der Waals surface area contributed by atoms with Gasteiger partial charge in [0.25, 0.3) is 5.91 Å². The van der Waals surface area contributed by atoms with Crippen molar-refractivity contribution in [2.75, 3.05) is 0 Å². The molecular weight excluding hydrogens is 254 g/mol. The summed E-state index contributed by atoms with van der Waals surface area (Å²) < 4.78 is 0. The van der Waals surface area contributed by atoms with Crippen LogP contribution in [0, 0.1) is 5.92 Å². The topological polar surface area (TPSA) is 66.4 Å². The van der Waals surface area contributed by atoms with E-state index in [4.69, 9.17) is 5.11 Å². The molecule has 0 fully saturated rings. The van der Waals surface area contributed by atoms with Gasteiger partial charge in [-0.1, -0.05) is 26.0 Å². The van der Waals surface area contributed by atoms with Crippen LogP contribution in [0.5, 0.6) is 0 Å². The molecule has 4 nitrogen and oxygen atoms in total. The highest BCUT2D eigenvalue weighted by Crippen LogP contribution is 2.09. The molecule has 108 valence electrons. The molecule has 1 aromatic rings. The van der Waals surface area contributed by atoms with Gasteiger partial charge >= 0.3 is 5.97 Å². The number of carbonyl (C=O) groups is 2. The van der Waals surface area contributed by atoms with Crippen molar-refractivity contribution in [3.63, 3.8) is 0 Å². The van der Waals surface area contributed by atoms with Crippen LogP contribution in [0.3, 0.4) is 0 Å². The van der Waals surface area contributed by atoms with Crippen LogP contribution in [0.15, 0.2) is 30.3 Å². The van der Waals surface area contributed by atoms with Gasteiger partial charge in [0.05, 0.1) is 0 Å². The molecule has 0 aliphatic rings. The molecule has 0 aliphatic heterocycles. The number of rotatable bonds is 6. The normalized spacial score (nSPS) is 12.6. The fourth-order valence-electron chi connectivity index (χ4n) is 2.02. The molecule has 0 saturated heterocycles.